The Hall–Kier alpha value is -0.900. The number of nitrogens with one attached hydrogen (secondary N) is 1. The maximum atomic E-state index is 10.0. The highest BCUT2D eigenvalue weighted by atomic mass is 16.3. The van der Waals surface area contributed by atoms with Crippen molar-refractivity contribution < 1.29 is 5.11 Å². The lowest BCUT2D eigenvalue weighted by molar-refractivity contribution is 0.0383. The van der Waals surface area contributed by atoms with Gasteiger partial charge in [0.05, 0.1) is 5.60 Å². The summed E-state index contributed by atoms with van der Waals surface area (Å²) in [5.74, 6) is 0. The second-order valence-electron chi connectivity index (χ2n) is 5.77. The molecule has 0 bridgehead atoms. The zero-order valence-electron chi connectivity index (χ0n) is 12.1. The molecule has 0 radical (unpaired) electrons. The SMILES string of the molecule is CC(NC(CN(C)C)c1ccccc1)C(C)(C)O. The van der Waals surface area contributed by atoms with Crippen LogP contribution in [0.2, 0.25) is 0 Å². The van der Waals surface area contributed by atoms with Crippen LogP contribution in [0.15, 0.2) is 30.3 Å². The Morgan fingerprint density at radius 1 is 1.22 bits per heavy atom. The van der Waals surface area contributed by atoms with E-state index in [0.717, 1.165) is 6.54 Å². The van der Waals surface area contributed by atoms with Crippen LogP contribution in [0.3, 0.4) is 0 Å². The molecule has 18 heavy (non-hydrogen) atoms. The van der Waals surface area contributed by atoms with E-state index in [-0.39, 0.29) is 12.1 Å². The molecule has 0 spiro atoms. The molecule has 0 saturated heterocycles. The molecule has 1 aromatic rings. The Morgan fingerprint density at radius 2 is 1.78 bits per heavy atom. The molecule has 0 aliphatic heterocycles. The molecule has 0 amide bonds. The lowest BCUT2D eigenvalue weighted by Gasteiger charge is -2.32. The Bertz CT molecular complexity index is 343. The summed E-state index contributed by atoms with van der Waals surface area (Å²) in [5.41, 5.74) is 0.529. The minimum Gasteiger partial charge on any atom is -0.389 e. The summed E-state index contributed by atoms with van der Waals surface area (Å²) in [6, 6.07) is 10.6. The average Bonchev–Trinajstić information content (AvgIpc) is 2.27. The van der Waals surface area contributed by atoms with E-state index < -0.39 is 5.60 Å². The fraction of sp³-hybridized carbons (Fsp3) is 0.600. The molecule has 102 valence electrons. The number of nitrogens with zero attached hydrogens (tertiary/aromatic N) is 1. The fourth-order valence-corrected chi connectivity index (χ4v) is 1.81. The number of likely N-dealkylation sites (N-methyl/N-ethyl adjacent to an activating group) is 1. The smallest absolute Gasteiger partial charge is 0.0741 e. The Morgan fingerprint density at radius 3 is 2.22 bits per heavy atom. The minimum atomic E-state index is -0.723. The van der Waals surface area contributed by atoms with Gasteiger partial charge >= 0.3 is 0 Å². The summed E-state index contributed by atoms with van der Waals surface area (Å²) in [4.78, 5) is 2.15. The third kappa shape index (κ3) is 4.77. The maximum absolute atomic E-state index is 10.0. The van der Waals surface area contributed by atoms with Gasteiger partial charge in [0.2, 0.25) is 0 Å². The van der Waals surface area contributed by atoms with Gasteiger partial charge in [-0.2, -0.15) is 0 Å². The van der Waals surface area contributed by atoms with Crippen LogP contribution in [0, 0.1) is 0 Å². The Labute approximate surface area is 111 Å². The van der Waals surface area contributed by atoms with Crippen molar-refractivity contribution in [1.82, 2.24) is 10.2 Å². The second kappa shape index (κ2) is 6.32. The number of hydrogen-bond donors (Lipinski definition) is 2. The fourth-order valence-electron chi connectivity index (χ4n) is 1.81. The summed E-state index contributed by atoms with van der Waals surface area (Å²) in [6.45, 7) is 6.60. The number of aliphatic hydroxyl groups is 1. The molecule has 1 aromatic carbocycles. The third-order valence-electron chi connectivity index (χ3n) is 3.26. The first-order valence-electron chi connectivity index (χ1n) is 6.49. The van der Waals surface area contributed by atoms with E-state index in [0.29, 0.717) is 0 Å². The highest BCUT2D eigenvalue weighted by Crippen LogP contribution is 2.17. The molecule has 0 aromatic heterocycles. The molecule has 0 saturated carbocycles. The monoisotopic (exact) mass is 250 g/mol. The van der Waals surface area contributed by atoms with Gasteiger partial charge < -0.3 is 15.3 Å². The summed E-state index contributed by atoms with van der Waals surface area (Å²) < 4.78 is 0. The quantitative estimate of drug-likeness (QED) is 0.811. The summed E-state index contributed by atoms with van der Waals surface area (Å²) in [7, 11) is 4.12. The first-order chi connectivity index (χ1) is 8.30. The van der Waals surface area contributed by atoms with Crippen LogP contribution in [-0.2, 0) is 0 Å². The molecule has 0 heterocycles. The number of rotatable bonds is 6. The van der Waals surface area contributed by atoms with Gasteiger partial charge in [-0.05, 0) is 40.4 Å². The largest absolute Gasteiger partial charge is 0.389 e. The van der Waals surface area contributed by atoms with Gasteiger partial charge in [-0.15, -0.1) is 0 Å². The van der Waals surface area contributed by atoms with Crippen LogP contribution in [0.5, 0.6) is 0 Å². The van der Waals surface area contributed by atoms with Crippen molar-refractivity contribution in [3.8, 4) is 0 Å². The zero-order valence-corrected chi connectivity index (χ0v) is 12.1. The van der Waals surface area contributed by atoms with E-state index in [9.17, 15) is 5.11 Å². The molecule has 0 aliphatic rings. The van der Waals surface area contributed by atoms with E-state index >= 15 is 0 Å². The molecule has 0 aliphatic carbocycles. The second-order valence-corrected chi connectivity index (χ2v) is 5.77. The first kappa shape index (κ1) is 15.2. The van der Waals surface area contributed by atoms with Crippen LogP contribution in [0.25, 0.3) is 0 Å². The molecule has 3 heteroatoms. The molecular weight excluding hydrogens is 224 g/mol. The van der Waals surface area contributed by atoms with Gasteiger partial charge in [0, 0.05) is 18.6 Å². The normalized spacial score (nSPS) is 15.7. The average molecular weight is 250 g/mol. The van der Waals surface area contributed by atoms with Crippen LogP contribution >= 0.6 is 0 Å². The summed E-state index contributed by atoms with van der Waals surface area (Å²) >= 11 is 0. The molecule has 2 N–H and O–H groups in total. The third-order valence-corrected chi connectivity index (χ3v) is 3.26. The van der Waals surface area contributed by atoms with Gasteiger partial charge in [-0.3, -0.25) is 0 Å². The van der Waals surface area contributed by atoms with E-state index in [4.69, 9.17) is 0 Å². The molecule has 3 nitrogen and oxygen atoms in total. The molecular formula is C15H26N2O. The van der Waals surface area contributed by atoms with Crippen molar-refractivity contribution in [1.29, 1.82) is 0 Å². The van der Waals surface area contributed by atoms with Gasteiger partial charge in [-0.25, -0.2) is 0 Å². The predicted octanol–water partition coefficient (Wildman–Crippen LogP) is 2.04. The van der Waals surface area contributed by atoms with Crippen LogP contribution in [-0.4, -0.2) is 42.3 Å². The topological polar surface area (TPSA) is 35.5 Å². The van der Waals surface area contributed by atoms with Gasteiger partial charge in [0.25, 0.3) is 0 Å². The Kier molecular flexibility index (Phi) is 5.32. The van der Waals surface area contributed by atoms with Gasteiger partial charge in [-0.1, -0.05) is 30.3 Å². The van der Waals surface area contributed by atoms with Crippen molar-refractivity contribution >= 4 is 0 Å². The predicted molar refractivity (Wildman–Crippen MR) is 76.6 cm³/mol. The van der Waals surface area contributed by atoms with Gasteiger partial charge in [0.15, 0.2) is 0 Å². The summed E-state index contributed by atoms with van der Waals surface area (Å²) in [6.07, 6.45) is 0. The van der Waals surface area contributed by atoms with E-state index in [1.807, 2.05) is 26.8 Å². The van der Waals surface area contributed by atoms with Crippen LogP contribution < -0.4 is 5.32 Å². The lowest BCUT2D eigenvalue weighted by atomic mass is 9.98. The molecule has 1 rings (SSSR count). The molecule has 0 fully saturated rings. The van der Waals surface area contributed by atoms with Crippen LogP contribution in [0.1, 0.15) is 32.4 Å². The number of benzene rings is 1. The zero-order chi connectivity index (χ0) is 13.8. The molecule has 2 atom stereocenters. The molecule has 2 unspecified atom stereocenters. The van der Waals surface area contributed by atoms with E-state index in [2.05, 4.69) is 48.6 Å². The first-order valence-corrected chi connectivity index (χ1v) is 6.49. The standard InChI is InChI=1S/C15H26N2O/c1-12(15(2,3)18)16-14(11-17(4)5)13-9-7-6-8-10-13/h6-10,12,14,16,18H,11H2,1-5H3. The van der Waals surface area contributed by atoms with Crippen molar-refractivity contribution in [2.45, 2.75) is 38.5 Å². The highest BCUT2D eigenvalue weighted by Gasteiger charge is 2.25. The number of hydrogen-bond acceptors (Lipinski definition) is 3. The minimum absolute atomic E-state index is 0.0302. The van der Waals surface area contributed by atoms with E-state index in [1.54, 1.807) is 0 Å². The van der Waals surface area contributed by atoms with Crippen molar-refractivity contribution in [3.05, 3.63) is 35.9 Å². The van der Waals surface area contributed by atoms with Gasteiger partial charge in [0.1, 0.15) is 0 Å². The maximum Gasteiger partial charge on any atom is 0.0741 e. The van der Waals surface area contributed by atoms with Crippen molar-refractivity contribution in [2.24, 2.45) is 0 Å². The Balaban J connectivity index is 2.80. The summed E-state index contributed by atoms with van der Waals surface area (Å²) in [5, 5.41) is 13.6. The highest BCUT2D eigenvalue weighted by molar-refractivity contribution is 5.19. The van der Waals surface area contributed by atoms with E-state index in [1.165, 1.54) is 5.56 Å². The van der Waals surface area contributed by atoms with Crippen molar-refractivity contribution in [3.63, 3.8) is 0 Å². The van der Waals surface area contributed by atoms with Crippen LogP contribution in [0.4, 0.5) is 0 Å². The lowest BCUT2D eigenvalue weighted by Crippen LogP contribution is -2.47. The van der Waals surface area contributed by atoms with Crippen molar-refractivity contribution in [2.75, 3.05) is 20.6 Å².